The van der Waals surface area contributed by atoms with Crippen LogP contribution in [0.15, 0.2) is 16.6 Å². The highest BCUT2D eigenvalue weighted by molar-refractivity contribution is 9.10. The number of halogens is 2. The quantitative estimate of drug-likeness (QED) is 0.874. The van der Waals surface area contributed by atoms with Gasteiger partial charge in [-0.2, -0.15) is 0 Å². The van der Waals surface area contributed by atoms with E-state index < -0.39 is 6.09 Å². The van der Waals surface area contributed by atoms with Crippen LogP contribution in [0.3, 0.4) is 0 Å². The summed E-state index contributed by atoms with van der Waals surface area (Å²) in [5, 5.41) is 10.9. The molecule has 0 unspecified atom stereocenters. The molecule has 76 valence electrons. The lowest BCUT2D eigenvalue weighted by atomic mass is 10.3. The maximum Gasteiger partial charge on any atom is 0.409 e. The highest BCUT2D eigenvalue weighted by Gasteiger charge is 2.12. The van der Waals surface area contributed by atoms with E-state index in [4.69, 9.17) is 21.4 Å². The van der Waals surface area contributed by atoms with Crippen molar-refractivity contribution in [1.29, 1.82) is 0 Å². The van der Waals surface area contributed by atoms with Crippen molar-refractivity contribution in [3.63, 3.8) is 0 Å². The van der Waals surface area contributed by atoms with E-state index in [1.807, 2.05) is 0 Å². The Bertz CT molecular complexity index is 370. The van der Waals surface area contributed by atoms with Crippen molar-refractivity contribution in [3.05, 3.63) is 21.6 Å². The molecule has 0 bridgehead atoms. The van der Waals surface area contributed by atoms with Gasteiger partial charge in [-0.25, -0.2) is 4.79 Å². The Morgan fingerprint density at radius 1 is 1.64 bits per heavy atom. The summed E-state index contributed by atoms with van der Waals surface area (Å²) in [5.41, 5.74) is 0.276. The Morgan fingerprint density at radius 2 is 2.29 bits per heavy atom. The van der Waals surface area contributed by atoms with Gasteiger partial charge in [0.1, 0.15) is 10.8 Å². The fourth-order valence-electron chi connectivity index (χ4n) is 0.913. The second kappa shape index (κ2) is 4.52. The molecular weight excluding hydrogens is 273 g/mol. The molecule has 0 saturated heterocycles. The normalized spacial score (nSPS) is 9.64. The summed E-state index contributed by atoms with van der Waals surface area (Å²) in [6, 6.07) is 3.29. The summed E-state index contributed by atoms with van der Waals surface area (Å²) in [7, 11) is 1.46. The number of benzene rings is 1. The monoisotopic (exact) mass is 279 g/mol. The summed E-state index contributed by atoms with van der Waals surface area (Å²) in [6.45, 7) is 0. The zero-order chi connectivity index (χ0) is 10.7. The van der Waals surface area contributed by atoms with Gasteiger partial charge in [-0.15, -0.1) is 0 Å². The molecule has 4 nitrogen and oxygen atoms in total. The highest BCUT2D eigenvalue weighted by Crippen LogP contribution is 2.37. The van der Waals surface area contributed by atoms with E-state index in [0.29, 0.717) is 10.2 Å². The number of nitrogens with one attached hydrogen (secondary N) is 1. The standard InChI is InChI=1S/C8H7BrClNO3/c1-14-5-3-2-4(9)7(6(5)10)11-8(12)13/h2-3,11H,1H3,(H,12,13). The van der Waals surface area contributed by atoms with Crippen LogP contribution in [0, 0.1) is 0 Å². The average molecular weight is 281 g/mol. The van der Waals surface area contributed by atoms with Crippen LogP contribution >= 0.6 is 27.5 Å². The Kier molecular flexibility index (Phi) is 3.60. The molecule has 0 radical (unpaired) electrons. The third-order valence-corrected chi connectivity index (χ3v) is 2.54. The summed E-state index contributed by atoms with van der Waals surface area (Å²) < 4.78 is 5.50. The maximum absolute atomic E-state index is 10.4. The van der Waals surface area contributed by atoms with E-state index in [9.17, 15) is 4.79 Å². The van der Waals surface area contributed by atoms with Crippen LogP contribution < -0.4 is 10.1 Å². The van der Waals surface area contributed by atoms with Crippen molar-refractivity contribution >= 4 is 39.3 Å². The summed E-state index contributed by atoms with van der Waals surface area (Å²) in [4.78, 5) is 10.4. The number of carboxylic acid groups (broad SMARTS) is 1. The number of methoxy groups -OCH3 is 1. The van der Waals surface area contributed by atoms with Gasteiger partial charge in [-0.1, -0.05) is 11.6 Å². The van der Waals surface area contributed by atoms with E-state index in [-0.39, 0.29) is 10.7 Å². The minimum Gasteiger partial charge on any atom is -0.495 e. The van der Waals surface area contributed by atoms with Gasteiger partial charge in [0.05, 0.1) is 12.8 Å². The van der Waals surface area contributed by atoms with E-state index in [0.717, 1.165) is 0 Å². The number of ether oxygens (including phenoxy) is 1. The first-order valence-electron chi connectivity index (χ1n) is 3.58. The molecule has 0 aromatic heterocycles. The molecule has 0 atom stereocenters. The van der Waals surface area contributed by atoms with Crippen LogP contribution in [0.2, 0.25) is 5.02 Å². The lowest BCUT2D eigenvalue weighted by Crippen LogP contribution is -2.08. The van der Waals surface area contributed by atoms with E-state index in [2.05, 4.69) is 21.2 Å². The highest BCUT2D eigenvalue weighted by atomic mass is 79.9. The van der Waals surface area contributed by atoms with Crippen molar-refractivity contribution in [2.45, 2.75) is 0 Å². The first-order valence-corrected chi connectivity index (χ1v) is 4.75. The van der Waals surface area contributed by atoms with E-state index >= 15 is 0 Å². The molecular formula is C8H7BrClNO3. The number of rotatable bonds is 2. The lowest BCUT2D eigenvalue weighted by Gasteiger charge is -2.09. The van der Waals surface area contributed by atoms with Gasteiger partial charge in [0.25, 0.3) is 0 Å². The van der Waals surface area contributed by atoms with Gasteiger partial charge in [0.2, 0.25) is 0 Å². The Balaban J connectivity index is 3.18. The topological polar surface area (TPSA) is 58.6 Å². The maximum atomic E-state index is 10.4. The van der Waals surface area contributed by atoms with E-state index in [1.54, 1.807) is 12.1 Å². The smallest absolute Gasteiger partial charge is 0.409 e. The molecule has 0 fully saturated rings. The molecule has 0 aliphatic heterocycles. The molecule has 1 aromatic rings. The minimum atomic E-state index is -1.18. The van der Waals surface area contributed by atoms with Crippen LogP contribution in [-0.4, -0.2) is 18.3 Å². The molecule has 0 heterocycles. The van der Waals surface area contributed by atoms with Crippen molar-refractivity contribution in [2.24, 2.45) is 0 Å². The van der Waals surface area contributed by atoms with Gasteiger partial charge in [0.15, 0.2) is 0 Å². The third kappa shape index (κ3) is 2.30. The molecule has 1 aromatic carbocycles. The molecule has 0 saturated carbocycles. The van der Waals surface area contributed by atoms with Crippen molar-refractivity contribution in [2.75, 3.05) is 12.4 Å². The molecule has 1 rings (SSSR count). The van der Waals surface area contributed by atoms with Gasteiger partial charge >= 0.3 is 6.09 Å². The first-order chi connectivity index (χ1) is 6.56. The lowest BCUT2D eigenvalue weighted by molar-refractivity contribution is 0.209. The summed E-state index contributed by atoms with van der Waals surface area (Å²) in [5.74, 6) is 0.415. The summed E-state index contributed by atoms with van der Waals surface area (Å²) in [6.07, 6.45) is -1.18. The van der Waals surface area contributed by atoms with Gasteiger partial charge < -0.3 is 9.84 Å². The van der Waals surface area contributed by atoms with Crippen molar-refractivity contribution in [3.8, 4) is 5.75 Å². The summed E-state index contributed by atoms with van der Waals surface area (Å²) >= 11 is 9.05. The largest absolute Gasteiger partial charge is 0.495 e. The predicted molar refractivity (Wildman–Crippen MR) is 57.4 cm³/mol. The van der Waals surface area contributed by atoms with Crippen LogP contribution in [0.4, 0.5) is 10.5 Å². The van der Waals surface area contributed by atoms with Crippen molar-refractivity contribution in [1.82, 2.24) is 0 Å². The molecule has 0 aliphatic carbocycles. The Labute approximate surface area is 94.0 Å². The van der Waals surface area contributed by atoms with Gasteiger partial charge in [0, 0.05) is 4.47 Å². The molecule has 14 heavy (non-hydrogen) atoms. The SMILES string of the molecule is COc1ccc(Br)c(NC(=O)O)c1Cl. The third-order valence-electron chi connectivity index (χ3n) is 1.51. The van der Waals surface area contributed by atoms with Crippen LogP contribution in [0.25, 0.3) is 0 Å². The molecule has 0 aliphatic rings. The van der Waals surface area contributed by atoms with E-state index in [1.165, 1.54) is 7.11 Å². The number of hydrogen-bond acceptors (Lipinski definition) is 2. The average Bonchev–Trinajstić information content (AvgIpc) is 2.12. The molecule has 0 spiro atoms. The zero-order valence-corrected chi connectivity index (χ0v) is 9.52. The first kappa shape index (κ1) is 11.1. The number of amides is 1. The Morgan fingerprint density at radius 3 is 2.79 bits per heavy atom. The second-order valence-electron chi connectivity index (χ2n) is 2.37. The van der Waals surface area contributed by atoms with Crippen LogP contribution in [-0.2, 0) is 0 Å². The fourth-order valence-corrected chi connectivity index (χ4v) is 1.75. The zero-order valence-electron chi connectivity index (χ0n) is 7.17. The number of carbonyl (C=O) groups is 1. The molecule has 1 amide bonds. The Hall–Kier alpha value is -0.940. The second-order valence-corrected chi connectivity index (χ2v) is 3.60. The molecule has 6 heteroatoms. The predicted octanol–water partition coefficient (Wildman–Crippen LogP) is 3.20. The van der Waals surface area contributed by atoms with Gasteiger partial charge in [-0.05, 0) is 28.1 Å². The number of hydrogen-bond donors (Lipinski definition) is 2. The van der Waals surface area contributed by atoms with Gasteiger partial charge in [-0.3, -0.25) is 5.32 Å². The number of anilines is 1. The fraction of sp³-hybridized carbons (Fsp3) is 0.125. The molecule has 2 N–H and O–H groups in total. The van der Waals surface area contributed by atoms with Crippen LogP contribution in [0.1, 0.15) is 0 Å². The van der Waals surface area contributed by atoms with Crippen molar-refractivity contribution < 1.29 is 14.6 Å². The minimum absolute atomic E-state index is 0.226. The van der Waals surface area contributed by atoms with Crippen LogP contribution in [0.5, 0.6) is 5.75 Å².